The summed E-state index contributed by atoms with van der Waals surface area (Å²) in [5.74, 6) is 0.501. The molecule has 0 atom stereocenters. The number of carbonyl (C=O) groups is 2. The maximum absolute atomic E-state index is 12.2. The van der Waals surface area contributed by atoms with Crippen molar-refractivity contribution in [1.29, 1.82) is 0 Å². The molecule has 0 spiro atoms. The molecule has 0 saturated heterocycles. The Balaban J connectivity index is 1.87. The fourth-order valence-electron chi connectivity index (χ4n) is 2.45. The fourth-order valence-corrected chi connectivity index (χ4v) is 2.45. The van der Waals surface area contributed by atoms with Crippen molar-refractivity contribution in [2.24, 2.45) is 0 Å². The highest BCUT2D eigenvalue weighted by Crippen LogP contribution is 2.23. The zero-order valence-corrected chi connectivity index (χ0v) is 15.3. The van der Waals surface area contributed by atoms with Gasteiger partial charge in [0, 0.05) is 25.6 Å². The van der Waals surface area contributed by atoms with Gasteiger partial charge >= 0.3 is 0 Å². The summed E-state index contributed by atoms with van der Waals surface area (Å²) < 4.78 is 5.26. The van der Waals surface area contributed by atoms with Gasteiger partial charge in [-0.05, 0) is 35.2 Å². The highest BCUT2D eigenvalue weighted by Gasteiger charge is 2.15. The maximum Gasteiger partial charge on any atom is 0.226 e. The molecule has 2 aromatic rings. The second-order valence-corrected chi connectivity index (χ2v) is 7.15. The van der Waals surface area contributed by atoms with E-state index >= 15 is 0 Å². The van der Waals surface area contributed by atoms with Crippen molar-refractivity contribution in [3.8, 4) is 0 Å². The number of nitrogens with one attached hydrogen (secondary N) is 1. The quantitative estimate of drug-likeness (QED) is 0.864. The van der Waals surface area contributed by atoms with Crippen molar-refractivity contribution in [1.82, 2.24) is 4.90 Å². The molecule has 0 aliphatic rings. The van der Waals surface area contributed by atoms with E-state index in [9.17, 15) is 9.59 Å². The molecule has 1 aromatic heterocycles. The lowest BCUT2D eigenvalue weighted by Crippen LogP contribution is -2.31. The summed E-state index contributed by atoms with van der Waals surface area (Å²) in [5, 5.41) is 2.87. The summed E-state index contributed by atoms with van der Waals surface area (Å²) in [6.45, 7) is 8.66. The van der Waals surface area contributed by atoms with E-state index < -0.39 is 0 Å². The topological polar surface area (TPSA) is 62.6 Å². The first-order chi connectivity index (χ1) is 11.8. The zero-order chi connectivity index (χ0) is 18.4. The molecule has 0 saturated carbocycles. The van der Waals surface area contributed by atoms with Crippen LogP contribution >= 0.6 is 0 Å². The number of hydrogen-bond acceptors (Lipinski definition) is 3. The van der Waals surface area contributed by atoms with Gasteiger partial charge in [0.2, 0.25) is 11.8 Å². The van der Waals surface area contributed by atoms with Crippen molar-refractivity contribution in [2.45, 2.75) is 46.1 Å². The Bertz CT molecular complexity index is 698. The molecule has 5 heteroatoms. The van der Waals surface area contributed by atoms with Crippen LogP contribution in [0, 0.1) is 0 Å². The van der Waals surface area contributed by atoms with Gasteiger partial charge in [-0.15, -0.1) is 0 Å². The number of benzene rings is 1. The van der Waals surface area contributed by atoms with Crippen LogP contribution in [-0.2, 0) is 21.5 Å². The lowest BCUT2D eigenvalue weighted by atomic mass is 9.87. The van der Waals surface area contributed by atoms with E-state index in [-0.39, 0.29) is 23.7 Å². The molecule has 0 fully saturated rings. The number of amides is 2. The predicted molar refractivity (Wildman–Crippen MR) is 98.2 cm³/mol. The van der Waals surface area contributed by atoms with Crippen molar-refractivity contribution in [2.75, 3.05) is 11.9 Å². The number of carbonyl (C=O) groups excluding carboxylic acids is 2. The van der Waals surface area contributed by atoms with E-state index in [0.717, 1.165) is 5.69 Å². The lowest BCUT2D eigenvalue weighted by Gasteiger charge is -2.20. The Morgan fingerprint density at radius 3 is 2.32 bits per heavy atom. The summed E-state index contributed by atoms with van der Waals surface area (Å²) in [7, 11) is 0. The van der Waals surface area contributed by atoms with Gasteiger partial charge < -0.3 is 14.6 Å². The molecule has 1 heterocycles. The van der Waals surface area contributed by atoms with E-state index in [1.54, 1.807) is 17.2 Å². The van der Waals surface area contributed by atoms with Gasteiger partial charge in [0.05, 0.1) is 12.8 Å². The molecule has 2 rings (SSSR count). The third kappa shape index (κ3) is 5.78. The van der Waals surface area contributed by atoms with Crippen molar-refractivity contribution < 1.29 is 14.0 Å². The van der Waals surface area contributed by atoms with Crippen LogP contribution in [0.5, 0.6) is 0 Å². The Labute approximate surface area is 149 Å². The third-order valence-corrected chi connectivity index (χ3v) is 4.02. The van der Waals surface area contributed by atoms with Crippen LogP contribution in [0.4, 0.5) is 5.69 Å². The lowest BCUT2D eigenvalue weighted by molar-refractivity contribution is -0.130. The molecule has 2 amide bonds. The minimum atomic E-state index is -0.116. The second-order valence-electron chi connectivity index (χ2n) is 7.15. The second kappa shape index (κ2) is 8.01. The molecular formula is C20H26N2O3. The van der Waals surface area contributed by atoms with Gasteiger partial charge in [-0.1, -0.05) is 32.9 Å². The summed E-state index contributed by atoms with van der Waals surface area (Å²) >= 11 is 0. The van der Waals surface area contributed by atoms with E-state index in [2.05, 4.69) is 26.1 Å². The van der Waals surface area contributed by atoms with Crippen molar-refractivity contribution in [3.63, 3.8) is 0 Å². The first-order valence-electron chi connectivity index (χ1n) is 8.44. The molecule has 1 aromatic carbocycles. The van der Waals surface area contributed by atoms with Crippen LogP contribution in [-0.4, -0.2) is 23.3 Å². The molecule has 0 bridgehead atoms. The Morgan fingerprint density at radius 2 is 1.80 bits per heavy atom. The van der Waals surface area contributed by atoms with E-state index in [1.807, 2.05) is 30.3 Å². The number of rotatable bonds is 6. The summed E-state index contributed by atoms with van der Waals surface area (Å²) in [5.41, 5.74) is 2.06. The molecule has 0 aliphatic heterocycles. The van der Waals surface area contributed by atoms with Crippen molar-refractivity contribution >= 4 is 17.5 Å². The number of hydrogen-bond donors (Lipinski definition) is 1. The predicted octanol–water partition coefficient (Wildman–Crippen LogP) is 3.95. The van der Waals surface area contributed by atoms with Gasteiger partial charge in [0.1, 0.15) is 5.76 Å². The van der Waals surface area contributed by atoms with Gasteiger partial charge in [0.25, 0.3) is 0 Å². The number of furan rings is 1. The molecule has 0 unspecified atom stereocenters. The SMILES string of the molecule is CC(=O)N(CCC(=O)Nc1ccc(C(C)(C)C)cc1)Cc1ccco1. The Hall–Kier alpha value is -2.56. The van der Waals surface area contributed by atoms with Gasteiger partial charge in [0.15, 0.2) is 0 Å². The van der Waals surface area contributed by atoms with Gasteiger partial charge in [-0.25, -0.2) is 0 Å². The van der Waals surface area contributed by atoms with Gasteiger partial charge in [-0.3, -0.25) is 9.59 Å². The van der Waals surface area contributed by atoms with Gasteiger partial charge in [-0.2, -0.15) is 0 Å². The highest BCUT2D eigenvalue weighted by molar-refractivity contribution is 5.91. The molecule has 1 N–H and O–H groups in total. The largest absolute Gasteiger partial charge is 0.467 e. The van der Waals surface area contributed by atoms with Crippen LogP contribution in [0.3, 0.4) is 0 Å². The average molecular weight is 342 g/mol. The van der Waals surface area contributed by atoms with Crippen LogP contribution in [0.2, 0.25) is 0 Å². The molecular weight excluding hydrogens is 316 g/mol. The van der Waals surface area contributed by atoms with E-state index in [1.165, 1.54) is 12.5 Å². The van der Waals surface area contributed by atoms with E-state index in [4.69, 9.17) is 4.42 Å². The monoisotopic (exact) mass is 342 g/mol. The minimum Gasteiger partial charge on any atom is -0.467 e. The maximum atomic E-state index is 12.2. The summed E-state index contributed by atoms with van der Waals surface area (Å²) in [4.78, 5) is 25.5. The summed E-state index contributed by atoms with van der Waals surface area (Å²) in [6.07, 6.45) is 1.81. The first-order valence-corrected chi connectivity index (χ1v) is 8.44. The minimum absolute atomic E-state index is 0.0797. The molecule has 134 valence electrons. The van der Waals surface area contributed by atoms with Crippen LogP contribution in [0.1, 0.15) is 45.4 Å². The zero-order valence-electron chi connectivity index (χ0n) is 15.3. The average Bonchev–Trinajstić information content (AvgIpc) is 3.04. The Morgan fingerprint density at radius 1 is 1.12 bits per heavy atom. The third-order valence-electron chi connectivity index (χ3n) is 4.02. The number of anilines is 1. The van der Waals surface area contributed by atoms with Crippen molar-refractivity contribution in [3.05, 3.63) is 54.0 Å². The standard InChI is InChI=1S/C20H26N2O3/c1-15(23)22(14-18-6-5-13-25-18)12-11-19(24)21-17-9-7-16(8-10-17)20(2,3)4/h5-10,13H,11-12,14H2,1-4H3,(H,21,24). The summed E-state index contributed by atoms with van der Waals surface area (Å²) in [6, 6.07) is 11.4. The Kier molecular flexibility index (Phi) is 6.02. The van der Waals surface area contributed by atoms with Crippen LogP contribution in [0.15, 0.2) is 47.1 Å². The van der Waals surface area contributed by atoms with E-state index in [0.29, 0.717) is 18.8 Å². The number of nitrogens with zero attached hydrogens (tertiary/aromatic N) is 1. The molecule has 0 radical (unpaired) electrons. The fraction of sp³-hybridized carbons (Fsp3) is 0.400. The normalized spacial score (nSPS) is 11.2. The molecule has 25 heavy (non-hydrogen) atoms. The van der Waals surface area contributed by atoms with Crippen LogP contribution < -0.4 is 5.32 Å². The smallest absolute Gasteiger partial charge is 0.226 e. The van der Waals surface area contributed by atoms with Crippen LogP contribution in [0.25, 0.3) is 0 Å². The highest BCUT2D eigenvalue weighted by atomic mass is 16.3. The molecule has 0 aliphatic carbocycles. The first kappa shape index (κ1) is 18.8. The molecule has 5 nitrogen and oxygen atoms in total.